The van der Waals surface area contributed by atoms with Gasteiger partial charge in [0.05, 0.1) is 76.8 Å². The molecule has 0 aliphatic carbocycles. The summed E-state index contributed by atoms with van der Waals surface area (Å²) in [5.41, 5.74) is 1.99. The van der Waals surface area contributed by atoms with Crippen LogP contribution in [-0.2, 0) is 73.3 Å². The van der Waals surface area contributed by atoms with E-state index in [4.69, 9.17) is 48.5 Å². The maximum Gasteiger partial charge on any atom is 0.338 e. The van der Waals surface area contributed by atoms with Crippen LogP contribution in [-0.4, -0.2) is 210 Å². The van der Waals surface area contributed by atoms with Crippen molar-refractivity contribution in [3.8, 4) is 0 Å². The Morgan fingerprint density at radius 3 is 0.636 bits per heavy atom. The van der Waals surface area contributed by atoms with E-state index in [1.165, 1.54) is 141 Å². The van der Waals surface area contributed by atoms with Gasteiger partial charge in [-0.2, -0.15) is 8.42 Å². The number of esters is 6. The Labute approximate surface area is 847 Å². The van der Waals surface area contributed by atoms with E-state index in [0.717, 1.165) is 24.7 Å². The highest BCUT2D eigenvalue weighted by Gasteiger charge is 2.41. The van der Waals surface area contributed by atoms with Crippen molar-refractivity contribution in [2.45, 2.75) is 251 Å². The van der Waals surface area contributed by atoms with Crippen molar-refractivity contribution in [3.05, 3.63) is 296 Å². The lowest BCUT2D eigenvalue weighted by atomic mass is 9.96. The number of carboxylic acid groups (broad SMARTS) is 2. The number of carbonyl (C=O) groups is 13. The number of aliphatic hydroxyl groups excluding tert-OH is 1. The minimum Gasteiger partial charge on any atom is -0.478 e. The molecule has 8 aromatic rings. The number of Topliss-reactive ketones (excluding diaryl/α,β-unsaturated/α-hetero) is 5. The molecule has 0 saturated carbocycles. The zero-order valence-electron chi connectivity index (χ0n) is 88.2. The van der Waals surface area contributed by atoms with Gasteiger partial charge in [-0.1, -0.05) is 118 Å². The van der Waals surface area contributed by atoms with Crippen LogP contribution in [0.4, 0.5) is 0 Å². The minimum absolute atomic E-state index is 0.0178. The molecule has 0 aromatic heterocycles. The van der Waals surface area contributed by atoms with Gasteiger partial charge in [0.15, 0.2) is 28.9 Å². The Balaban J connectivity index is 0. The van der Waals surface area contributed by atoms with Gasteiger partial charge in [0.1, 0.15) is 50.4 Å². The molecule has 9 rings (SSSR count). The first-order valence-corrected chi connectivity index (χ1v) is 49.6. The van der Waals surface area contributed by atoms with Crippen molar-refractivity contribution in [1.82, 2.24) is 4.90 Å². The van der Waals surface area contributed by atoms with Crippen molar-refractivity contribution in [1.29, 1.82) is 0 Å². The normalized spacial score (nSPS) is 13.2. The zero-order chi connectivity index (χ0) is 111. The summed E-state index contributed by atoms with van der Waals surface area (Å²) in [6, 6.07) is 50.9. The fourth-order valence-electron chi connectivity index (χ4n) is 10.5. The highest BCUT2D eigenvalue weighted by molar-refractivity contribution is 8.13. The summed E-state index contributed by atoms with van der Waals surface area (Å²) in [6.07, 6.45) is 1.84. The van der Waals surface area contributed by atoms with E-state index in [9.17, 15) is 89.4 Å². The van der Waals surface area contributed by atoms with Crippen LogP contribution in [0.1, 0.15) is 352 Å². The summed E-state index contributed by atoms with van der Waals surface area (Å²) in [5.74, 6) is -4.42. The van der Waals surface area contributed by atoms with Gasteiger partial charge in [-0.25, -0.2) is 46.8 Å². The largest absolute Gasteiger partial charge is 0.478 e. The number of ether oxygens (including phenoxy) is 7. The average Bonchev–Trinajstić information content (AvgIpc) is 1.63. The third-order valence-electron chi connectivity index (χ3n) is 18.0. The Bertz CT molecular complexity index is 5350. The summed E-state index contributed by atoms with van der Waals surface area (Å²) in [5, 5.41) is 46.2. The Morgan fingerprint density at radius 1 is 0.336 bits per heavy atom. The summed E-state index contributed by atoms with van der Waals surface area (Å²) >= 11 is 0. The lowest BCUT2D eigenvalue weighted by Crippen LogP contribution is -2.29. The molecule has 0 bridgehead atoms. The molecular weight excluding hydrogens is 1900 g/mol. The van der Waals surface area contributed by atoms with E-state index < -0.39 is 94.5 Å². The van der Waals surface area contributed by atoms with Crippen molar-refractivity contribution >= 4 is 107 Å². The maximum atomic E-state index is 11.9. The number of aromatic carboxylic acids is 2. The van der Waals surface area contributed by atoms with Crippen LogP contribution in [0, 0.1) is 0 Å². The Morgan fingerprint density at radius 2 is 0.497 bits per heavy atom. The first-order valence-electron chi connectivity index (χ1n) is 45.1. The maximum absolute atomic E-state index is 11.9. The highest BCUT2D eigenvalue weighted by Crippen LogP contribution is 2.38. The summed E-state index contributed by atoms with van der Waals surface area (Å²) in [6.45, 7) is 61.0. The molecule has 786 valence electrons. The van der Waals surface area contributed by atoms with Crippen LogP contribution in [0.25, 0.3) is 0 Å². The number of rotatable bonds is 23. The lowest BCUT2D eigenvalue weighted by Gasteiger charge is -2.23. The number of carbonyl (C=O) groups excluding carboxylic acids is 11. The Hall–Kier alpha value is -12.4. The predicted molar refractivity (Wildman–Crippen MR) is 552 cm³/mol. The molecule has 31 nitrogen and oxygen atoms in total. The SMILES string of the molecule is C=C.CC(=O)c1ccc(C(=O)O)cc1.CC(=O)c1ccc(C(=O)O)cc1.CC(=O)c1ccc(C(=O)OC(C)(C)C)cc1.CC(=O)c1ccc(C(=O)OC(C)(C)C)cc1.CC(=O)c1ccc(C(=O)OC(C)(C)C)cc1.CC(C)(C)OC(=O)c1ccc([C@@]2(C)CO2)cc1.CC(C)(C)OC(=O)c1ccc([C@](C)(O)CO)cc1.CC(C)(C)OC(=O)c1ccc([C@](C)(O)COS(C)(=O)=O)cc1.CCN(CC)CC.CS(=O)(=O)Cl. The van der Waals surface area contributed by atoms with Gasteiger partial charge in [-0.15, -0.1) is 13.2 Å². The number of benzene rings is 8. The van der Waals surface area contributed by atoms with Gasteiger partial charge in [0, 0.05) is 38.5 Å². The van der Waals surface area contributed by atoms with Gasteiger partial charge in [-0.3, -0.25) is 28.2 Å². The van der Waals surface area contributed by atoms with Crippen LogP contribution in [0.15, 0.2) is 207 Å². The number of aliphatic hydroxyl groups is 3. The fraction of sp³-hybridized carbons (Fsp3) is 0.422. The highest BCUT2D eigenvalue weighted by atomic mass is 35.7. The smallest absolute Gasteiger partial charge is 0.338 e. The average molecular weight is 2050 g/mol. The molecule has 5 N–H and O–H groups in total. The molecule has 1 aliphatic rings. The van der Waals surface area contributed by atoms with E-state index in [2.05, 4.69) is 53.7 Å². The quantitative estimate of drug-likeness (QED) is 0.00755. The molecule has 8 aromatic carbocycles. The van der Waals surface area contributed by atoms with Gasteiger partial charge >= 0.3 is 47.8 Å². The van der Waals surface area contributed by atoms with Gasteiger partial charge < -0.3 is 63.6 Å². The molecule has 0 unspecified atom stereocenters. The van der Waals surface area contributed by atoms with Crippen molar-refractivity contribution in [3.63, 3.8) is 0 Å². The summed E-state index contributed by atoms with van der Waals surface area (Å²) < 4.78 is 82.1. The van der Waals surface area contributed by atoms with Crippen LogP contribution < -0.4 is 0 Å². The topological polar surface area (TPSA) is 472 Å². The first-order chi connectivity index (χ1) is 65.2. The van der Waals surface area contributed by atoms with Gasteiger partial charge in [-0.05, 0) is 313 Å². The number of hydrogen-bond acceptors (Lipinski definition) is 29. The molecule has 1 saturated heterocycles. The number of carboxylic acids is 2. The van der Waals surface area contributed by atoms with E-state index in [1.54, 1.807) is 151 Å². The molecule has 1 fully saturated rings. The number of hydrogen-bond donors (Lipinski definition) is 5. The minimum atomic E-state index is -3.64. The van der Waals surface area contributed by atoms with Crippen LogP contribution in [0.2, 0.25) is 0 Å². The second-order valence-electron chi connectivity index (χ2n) is 38.5. The van der Waals surface area contributed by atoms with Crippen molar-refractivity contribution in [2.75, 3.05) is 52.0 Å². The second kappa shape index (κ2) is 59.6. The van der Waals surface area contributed by atoms with Gasteiger partial charge in [0.2, 0.25) is 9.05 Å². The van der Waals surface area contributed by atoms with Crippen LogP contribution >= 0.6 is 10.7 Å². The van der Waals surface area contributed by atoms with Crippen LogP contribution in [0.5, 0.6) is 0 Å². The van der Waals surface area contributed by atoms with Crippen LogP contribution in [0.3, 0.4) is 0 Å². The van der Waals surface area contributed by atoms with E-state index >= 15 is 0 Å². The standard InChI is InChI=1S/C15H22O6S.C14H20O4.C14H18O3.3C13H16O3.2C9H8O3.C6H15N.C2H4.CH3ClO2S/c1-14(2,3)21-13(16)11-6-8-12(9-7-11)15(4,17)10-20-22(5,18)19;1-13(2,3)18-12(16)10-5-7-11(8-6-10)14(4,17)9-15;1-13(2,3)17-12(15)10-5-7-11(8-6-10)14(4)9-16-14;3*1-9(14)10-5-7-11(8-6-10)12(15)16-13(2,3)4;2*1-6(10)7-2-4-8(5-3-7)9(11)12;1-4-7(5-2)6-3;1-2;1-5(2,3)4/h6-9,17H,10H2,1-5H3;5-8,15,17H,9H2,1-4H3;5-8H,9H2,1-4H3;3*5-8H,1-4H3;2*2-5H,1H3,(H,11,12);4-6H2,1-3H3;1-2H2;1H3/t15-;2*14-;;;;;;;;/m111......../s1. The predicted octanol–water partition coefficient (Wildman–Crippen LogP) is 20.6. The van der Waals surface area contributed by atoms with Crippen molar-refractivity contribution < 1.29 is 142 Å². The lowest BCUT2D eigenvalue weighted by molar-refractivity contribution is -0.00255. The molecule has 0 radical (unpaired) electrons. The molecule has 1 heterocycles. The molecule has 0 amide bonds. The van der Waals surface area contributed by atoms with E-state index in [0.29, 0.717) is 72.3 Å². The van der Waals surface area contributed by atoms with Crippen molar-refractivity contribution in [2.24, 2.45) is 0 Å². The first kappa shape index (κ1) is 133. The molecular formula is C109H146ClNO30S2. The Kier molecular flexibility index (Phi) is 55.3. The number of nitrogens with zero attached hydrogens (tertiary/aromatic N) is 1. The van der Waals surface area contributed by atoms with E-state index in [-0.39, 0.29) is 76.1 Å². The third-order valence-corrected chi connectivity index (χ3v) is 18.6. The molecule has 143 heavy (non-hydrogen) atoms. The molecule has 3 atom stereocenters. The second-order valence-corrected chi connectivity index (χ2v) is 43.2. The molecule has 34 heteroatoms. The molecule has 1 aliphatic heterocycles. The summed E-state index contributed by atoms with van der Waals surface area (Å²) in [4.78, 5) is 148. The number of halogens is 1. The number of epoxide rings is 1. The fourth-order valence-corrected chi connectivity index (χ4v) is 10.9. The third kappa shape index (κ3) is 59.3. The summed E-state index contributed by atoms with van der Waals surface area (Å²) in [7, 11) is -2.33. The number of ketones is 5. The zero-order valence-corrected chi connectivity index (χ0v) is 90.6. The molecule has 0 spiro atoms. The van der Waals surface area contributed by atoms with E-state index in [1.807, 2.05) is 102 Å². The monoisotopic (exact) mass is 2050 g/mol. The van der Waals surface area contributed by atoms with Gasteiger partial charge in [0.25, 0.3) is 10.1 Å².